The Kier molecular flexibility index (Phi) is 2.97. The van der Waals surface area contributed by atoms with Gasteiger partial charge in [-0.2, -0.15) is 0 Å². The molecule has 0 N–H and O–H groups in total. The Labute approximate surface area is 96.0 Å². The van der Waals surface area contributed by atoms with Crippen LogP contribution in [-0.2, 0) is 0 Å². The SMILES string of the molecule is Cc1cccc2c1O[C@@H](CN(C)C)CC2=O. The Bertz CT molecular complexity index is 412. The van der Waals surface area contributed by atoms with Crippen LogP contribution in [0.25, 0.3) is 0 Å². The molecule has 0 amide bonds. The number of Topliss-reactive ketones (excluding diaryl/α,β-unsaturated/α-hetero) is 1. The normalized spacial score (nSPS) is 19.5. The summed E-state index contributed by atoms with van der Waals surface area (Å²) in [5.74, 6) is 0.961. The molecule has 3 heteroatoms. The maximum atomic E-state index is 11.9. The summed E-state index contributed by atoms with van der Waals surface area (Å²) >= 11 is 0. The summed E-state index contributed by atoms with van der Waals surface area (Å²) in [5.41, 5.74) is 1.77. The highest BCUT2D eigenvalue weighted by atomic mass is 16.5. The molecule has 1 aliphatic rings. The molecule has 0 aromatic heterocycles. The Hall–Kier alpha value is -1.35. The van der Waals surface area contributed by atoms with E-state index in [0.29, 0.717) is 6.42 Å². The smallest absolute Gasteiger partial charge is 0.170 e. The minimum atomic E-state index is -0.0175. The number of carbonyl (C=O) groups is 1. The molecule has 1 heterocycles. The molecule has 0 unspecified atom stereocenters. The number of ketones is 1. The highest BCUT2D eigenvalue weighted by Gasteiger charge is 2.27. The van der Waals surface area contributed by atoms with Gasteiger partial charge in [0.05, 0.1) is 5.56 Å². The number of rotatable bonds is 2. The highest BCUT2D eigenvalue weighted by molar-refractivity contribution is 6.00. The van der Waals surface area contributed by atoms with Gasteiger partial charge in [-0.1, -0.05) is 12.1 Å². The lowest BCUT2D eigenvalue weighted by atomic mass is 9.98. The van der Waals surface area contributed by atoms with Gasteiger partial charge < -0.3 is 9.64 Å². The third kappa shape index (κ3) is 2.09. The fraction of sp³-hybridized carbons (Fsp3) is 0.462. The van der Waals surface area contributed by atoms with Crippen LogP contribution in [0.15, 0.2) is 18.2 Å². The topological polar surface area (TPSA) is 29.5 Å². The molecule has 0 fully saturated rings. The molecular formula is C13H17NO2. The summed E-state index contributed by atoms with van der Waals surface area (Å²) in [6.07, 6.45) is 0.463. The maximum absolute atomic E-state index is 11.9. The van der Waals surface area contributed by atoms with Crippen molar-refractivity contribution in [2.75, 3.05) is 20.6 Å². The van der Waals surface area contributed by atoms with Crippen LogP contribution in [0.3, 0.4) is 0 Å². The number of fused-ring (bicyclic) bond motifs is 1. The predicted octanol–water partition coefficient (Wildman–Crippen LogP) is 1.89. The molecule has 0 saturated carbocycles. The number of para-hydroxylation sites is 1. The van der Waals surface area contributed by atoms with Gasteiger partial charge in [0, 0.05) is 13.0 Å². The van der Waals surface area contributed by atoms with Gasteiger partial charge >= 0.3 is 0 Å². The quantitative estimate of drug-likeness (QED) is 0.760. The monoisotopic (exact) mass is 219 g/mol. The third-order valence-corrected chi connectivity index (χ3v) is 2.78. The van der Waals surface area contributed by atoms with E-state index < -0.39 is 0 Å². The summed E-state index contributed by atoms with van der Waals surface area (Å²) in [4.78, 5) is 14.0. The largest absolute Gasteiger partial charge is 0.488 e. The summed E-state index contributed by atoms with van der Waals surface area (Å²) in [5, 5.41) is 0. The van der Waals surface area contributed by atoms with Crippen LogP contribution in [0, 0.1) is 6.92 Å². The standard InChI is InChI=1S/C13H17NO2/c1-9-5-4-6-11-12(15)7-10(8-14(2)3)16-13(9)11/h4-6,10H,7-8H2,1-3H3/t10-/m1/s1. The van der Waals surface area contributed by atoms with E-state index in [1.165, 1.54) is 0 Å². The Morgan fingerprint density at radius 3 is 2.88 bits per heavy atom. The van der Waals surface area contributed by atoms with Gasteiger partial charge in [0.25, 0.3) is 0 Å². The Morgan fingerprint density at radius 2 is 2.19 bits per heavy atom. The molecule has 0 spiro atoms. The van der Waals surface area contributed by atoms with Gasteiger partial charge in [-0.25, -0.2) is 0 Å². The van der Waals surface area contributed by atoms with Crippen molar-refractivity contribution in [3.05, 3.63) is 29.3 Å². The molecule has 1 aliphatic heterocycles. The van der Waals surface area contributed by atoms with Crippen LogP contribution >= 0.6 is 0 Å². The Balaban J connectivity index is 2.28. The number of benzene rings is 1. The van der Waals surface area contributed by atoms with Crippen molar-refractivity contribution in [1.29, 1.82) is 0 Å². The first-order chi connectivity index (χ1) is 7.58. The van der Waals surface area contributed by atoms with Gasteiger partial charge in [0.2, 0.25) is 0 Å². The number of aryl methyl sites for hydroxylation is 1. The van der Waals surface area contributed by atoms with Crippen molar-refractivity contribution in [2.45, 2.75) is 19.4 Å². The van der Waals surface area contributed by atoms with E-state index in [4.69, 9.17) is 4.74 Å². The molecule has 0 saturated heterocycles. The maximum Gasteiger partial charge on any atom is 0.170 e. The number of hydrogen-bond donors (Lipinski definition) is 0. The van der Waals surface area contributed by atoms with Crippen LogP contribution in [0.5, 0.6) is 5.75 Å². The molecule has 0 aliphatic carbocycles. The third-order valence-electron chi connectivity index (χ3n) is 2.78. The van der Waals surface area contributed by atoms with E-state index >= 15 is 0 Å². The summed E-state index contributed by atoms with van der Waals surface area (Å²) in [6, 6.07) is 5.72. The van der Waals surface area contributed by atoms with Crippen LogP contribution in [0.2, 0.25) is 0 Å². The molecule has 86 valence electrons. The van der Waals surface area contributed by atoms with Crippen molar-refractivity contribution in [1.82, 2.24) is 4.90 Å². The second-order valence-corrected chi connectivity index (χ2v) is 4.58. The molecule has 0 radical (unpaired) electrons. The fourth-order valence-corrected chi connectivity index (χ4v) is 2.06. The van der Waals surface area contributed by atoms with E-state index in [1.807, 2.05) is 44.1 Å². The highest BCUT2D eigenvalue weighted by Crippen LogP contribution is 2.30. The number of likely N-dealkylation sites (N-methyl/N-ethyl adjacent to an activating group) is 1. The second-order valence-electron chi connectivity index (χ2n) is 4.58. The summed E-state index contributed by atoms with van der Waals surface area (Å²) in [6.45, 7) is 2.75. The average Bonchev–Trinajstić information content (AvgIpc) is 2.19. The van der Waals surface area contributed by atoms with Crippen molar-refractivity contribution in [2.24, 2.45) is 0 Å². The van der Waals surface area contributed by atoms with E-state index in [0.717, 1.165) is 23.4 Å². The zero-order chi connectivity index (χ0) is 11.7. The zero-order valence-corrected chi connectivity index (χ0v) is 9.99. The van der Waals surface area contributed by atoms with Crippen LogP contribution in [-0.4, -0.2) is 37.4 Å². The number of ether oxygens (including phenoxy) is 1. The van der Waals surface area contributed by atoms with Crippen molar-refractivity contribution >= 4 is 5.78 Å². The number of carbonyl (C=O) groups excluding carboxylic acids is 1. The van der Waals surface area contributed by atoms with Gasteiger partial charge in [-0.15, -0.1) is 0 Å². The lowest BCUT2D eigenvalue weighted by Gasteiger charge is -2.28. The lowest BCUT2D eigenvalue weighted by molar-refractivity contribution is 0.0805. The van der Waals surface area contributed by atoms with Crippen LogP contribution in [0.4, 0.5) is 0 Å². The number of nitrogens with zero attached hydrogens (tertiary/aromatic N) is 1. The van der Waals surface area contributed by atoms with E-state index in [1.54, 1.807) is 0 Å². The Morgan fingerprint density at radius 1 is 1.44 bits per heavy atom. The van der Waals surface area contributed by atoms with E-state index in [9.17, 15) is 4.79 Å². The average molecular weight is 219 g/mol. The van der Waals surface area contributed by atoms with Gasteiger partial charge in [-0.05, 0) is 32.6 Å². The molecule has 0 bridgehead atoms. The molecular weight excluding hydrogens is 202 g/mol. The molecule has 16 heavy (non-hydrogen) atoms. The summed E-state index contributed by atoms with van der Waals surface area (Å²) in [7, 11) is 3.97. The first-order valence-corrected chi connectivity index (χ1v) is 5.52. The van der Waals surface area contributed by atoms with Crippen molar-refractivity contribution in [3.8, 4) is 5.75 Å². The van der Waals surface area contributed by atoms with Crippen LogP contribution < -0.4 is 4.74 Å². The minimum absolute atomic E-state index is 0.0175. The summed E-state index contributed by atoms with van der Waals surface area (Å²) < 4.78 is 5.88. The van der Waals surface area contributed by atoms with E-state index in [2.05, 4.69) is 0 Å². The number of hydrogen-bond acceptors (Lipinski definition) is 3. The molecule has 3 nitrogen and oxygen atoms in total. The zero-order valence-electron chi connectivity index (χ0n) is 9.99. The van der Waals surface area contributed by atoms with Gasteiger partial charge in [-0.3, -0.25) is 4.79 Å². The molecule has 2 rings (SSSR count). The lowest BCUT2D eigenvalue weighted by Crippen LogP contribution is -2.36. The van der Waals surface area contributed by atoms with E-state index in [-0.39, 0.29) is 11.9 Å². The van der Waals surface area contributed by atoms with Gasteiger partial charge in [0.15, 0.2) is 5.78 Å². The first-order valence-electron chi connectivity index (χ1n) is 5.52. The van der Waals surface area contributed by atoms with Gasteiger partial charge in [0.1, 0.15) is 11.9 Å². The minimum Gasteiger partial charge on any atom is -0.488 e. The molecule has 1 atom stereocenters. The second kappa shape index (κ2) is 4.26. The fourth-order valence-electron chi connectivity index (χ4n) is 2.06. The molecule has 1 aromatic rings. The predicted molar refractivity (Wildman–Crippen MR) is 63.1 cm³/mol. The van der Waals surface area contributed by atoms with Crippen molar-refractivity contribution in [3.63, 3.8) is 0 Å². The first kappa shape index (κ1) is 11.1. The van der Waals surface area contributed by atoms with Crippen molar-refractivity contribution < 1.29 is 9.53 Å². The molecule has 1 aromatic carbocycles. The van der Waals surface area contributed by atoms with Crippen LogP contribution in [0.1, 0.15) is 22.3 Å².